The number of nitro groups is 1. The number of fused-ring (bicyclic) bond motifs is 1. The van der Waals surface area contributed by atoms with E-state index in [1.165, 1.54) is 6.20 Å². The van der Waals surface area contributed by atoms with E-state index in [9.17, 15) is 30.1 Å². The minimum Gasteiger partial charge on any atom is -0.477 e. The van der Waals surface area contributed by atoms with Gasteiger partial charge in [-0.05, 0) is 18.4 Å². The summed E-state index contributed by atoms with van der Waals surface area (Å²) in [5, 5.41) is 35.1. The molecular formula is C24H21N5O5. The number of carbonyl (C=O) groups is 1. The number of benzene rings is 2. The molecule has 2 fully saturated rings. The lowest BCUT2D eigenvalue weighted by Gasteiger charge is -2.36. The fraction of sp³-hybridized carbons (Fsp3) is 0.292. The molecule has 1 aliphatic heterocycles. The molecule has 1 saturated heterocycles. The molecule has 0 amide bonds. The number of carboxylic acid groups (broad SMARTS) is 1. The molecule has 0 bridgehead atoms. The highest BCUT2D eigenvalue weighted by Crippen LogP contribution is 2.42. The van der Waals surface area contributed by atoms with Crippen LogP contribution in [-0.4, -0.2) is 40.2 Å². The lowest BCUT2D eigenvalue weighted by atomic mass is 9.99. The summed E-state index contributed by atoms with van der Waals surface area (Å²) in [6.45, 7) is 1.38. The van der Waals surface area contributed by atoms with Crippen LogP contribution in [0.1, 0.15) is 46.4 Å². The number of nitro benzene ring substituents is 1. The van der Waals surface area contributed by atoms with Crippen LogP contribution in [-0.2, 0) is 0 Å². The summed E-state index contributed by atoms with van der Waals surface area (Å²) < 4.78 is 1.64. The fourth-order valence-corrected chi connectivity index (χ4v) is 4.72. The smallest absolute Gasteiger partial charge is 0.341 e. The standard InChI is InChI=1S/C24H21N5O5/c25-11-17-21-16(23(30)18(24(31)32)12-28(21)15-6-7-15)10-20(29(33)34)22(17)27-9-8-26-19(13-27)14-4-2-1-3-5-14/h1-5,10,12,15,19,26H,6-9,13H2,(H,31,32). The van der Waals surface area contributed by atoms with E-state index in [-0.39, 0.29) is 39.9 Å². The Kier molecular flexibility index (Phi) is 5.26. The molecule has 1 aliphatic carbocycles. The Balaban J connectivity index is 1.76. The molecule has 2 aromatic carbocycles. The minimum atomic E-state index is -1.40. The molecular weight excluding hydrogens is 438 g/mol. The molecule has 1 atom stereocenters. The van der Waals surface area contributed by atoms with Crippen molar-refractivity contribution in [3.8, 4) is 6.07 Å². The van der Waals surface area contributed by atoms with Gasteiger partial charge < -0.3 is 19.9 Å². The predicted molar refractivity (Wildman–Crippen MR) is 124 cm³/mol. The van der Waals surface area contributed by atoms with Gasteiger partial charge in [0.25, 0.3) is 5.69 Å². The fourth-order valence-electron chi connectivity index (χ4n) is 4.72. The SMILES string of the molecule is N#Cc1c(N2CCNC(c3ccccc3)C2)c([N+](=O)[O-])cc2c(=O)c(C(=O)O)cn(C3CC3)c12. The van der Waals surface area contributed by atoms with Gasteiger partial charge in [0.05, 0.1) is 15.8 Å². The summed E-state index contributed by atoms with van der Waals surface area (Å²) in [6, 6.07) is 12.8. The third kappa shape index (κ3) is 3.56. The first-order valence-corrected chi connectivity index (χ1v) is 11.0. The molecule has 10 heteroatoms. The minimum absolute atomic E-state index is 0.0267. The van der Waals surface area contributed by atoms with Crippen molar-refractivity contribution in [1.82, 2.24) is 9.88 Å². The van der Waals surface area contributed by atoms with E-state index >= 15 is 0 Å². The van der Waals surface area contributed by atoms with Crippen molar-refractivity contribution in [2.75, 3.05) is 24.5 Å². The summed E-state index contributed by atoms with van der Waals surface area (Å²) >= 11 is 0. The molecule has 2 N–H and O–H groups in total. The van der Waals surface area contributed by atoms with E-state index in [0.717, 1.165) is 24.5 Å². The number of hydrogen-bond acceptors (Lipinski definition) is 7. The van der Waals surface area contributed by atoms with Crippen molar-refractivity contribution in [1.29, 1.82) is 5.26 Å². The van der Waals surface area contributed by atoms with Crippen LogP contribution in [0, 0.1) is 21.4 Å². The van der Waals surface area contributed by atoms with Crippen LogP contribution in [0.5, 0.6) is 0 Å². The van der Waals surface area contributed by atoms with Crippen LogP contribution in [0.25, 0.3) is 10.9 Å². The van der Waals surface area contributed by atoms with Crippen LogP contribution >= 0.6 is 0 Å². The molecule has 5 rings (SSSR count). The number of nitrogens with zero attached hydrogens (tertiary/aromatic N) is 4. The number of carboxylic acids is 1. The third-order valence-electron chi connectivity index (χ3n) is 6.44. The summed E-state index contributed by atoms with van der Waals surface area (Å²) in [4.78, 5) is 38.0. The number of aromatic carboxylic acids is 1. The van der Waals surface area contributed by atoms with Crippen molar-refractivity contribution >= 4 is 28.2 Å². The van der Waals surface area contributed by atoms with Gasteiger partial charge in [0.2, 0.25) is 5.43 Å². The number of pyridine rings is 1. The molecule has 0 spiro atoms. The van der Waals surface area contributed by atoms with Crippen molar-refractivity contribution in [3.63, 3.8) is 0 Å². The second kappa shape index (κ2) is 8.28. The normalized spacial score (nSPS) is 18.0. The molecule has 172 valence electrons. The van der Waals surface area contributed by atoms with Crippen LogP contribution in [0.15, 0.2) is 47.4 Å². The zero-order valence-electron chi connectivity index (χ0n) is 18.1. The summed E-state index contributed by atoms with van der Waals surface area (Å²) in [5.41, 5.74) is -0.187. The molecule has 1 aromatic heterocycles. The number of aromatic nitrogens is 1. The lowest BCUT2D eigenvalue weighted by molar-refractivity contribution is -0.384. The maximum atomic E-state index is 13.0. The monoisotopic (exact) mass is 459 g/mol. The number of nitrogens with one attached hydrogen (secondary N) is 1. The van der Waals surface area contributed by atoms with E-state index in [0.29, 0.717) is 19.6 Å². The van der Waals surface area contributed by atoms with Crippen molar-refractivity contribution in [3.05, 3.63) is 79.6 Å². The van der Waals surface area contributed by atoms with Gasteiger partial charge >= 0.3 is 5.97 Å². The van der Waals surface area contributed by atoms with E-state index in [4.69, 9.17) is 0 Å². The van der Waals surface area contributed by atoms with Crippen molar-refractivity contribution in [2.24, 2.45) is 0 Å². The van der Waals surface area contributed by atoms with E-state index in [1.54, 1.807) is 4.57 Å². The Morgan fingerprint density at radius 2 is 2.00 bits per heavy atom. The van der Waals surface area contributed by atoms with Crippen LogP contribution < -0.4 is 15.6 Å². The van der Waals surface area contributed by atoms with E-state index in [1.807, 2.05) is 35.2 Å². The quantitative estimate of drug-likeness (QED) is 0.438. The molecule has 0 radical (unpaired) electrons. The maximum absolute atomic E-state index is 13.0. The highest BCUT2D eigenvalue weighted by molar-refractivity contribution is 5.99. The number of anilines is 1. The van der Waals surface area contributed by atoms with Crippen LogP contribution in [0.2, 0.25) is 0 Å². The average Bonchev–Trinajstić information content (AvgIpc) is 3.69. The van der Waals surface area contributed by atoms with Crippen molar-refractivity contribution in [2.45, 2.75) is 24.9 Å². The molecule has 1 saturated carbocycles. The summed E-state index contributed by atoms with van der Waals surface area (Å²) in [5.74, 6) is -1.40. The third-order valence-corrected chi connectivity index (χ3v) is 6.44. The molecule has 34 heavy (non-hydrogen) atoms. The van der Waals surface area contributed by atoms with E-state index < -0.39 is 21.9 Å². The van der Waals surface area contributed by atoms with Gasteiger partial charge in [0, 0.05) is 44.0 Å². The number of rotatable bonds is 5. The Bertz CT molecular complexity index is 1420. The Morgan fingerprint density at radius 1 is 1.26 bits per heavy atom. The zero-order valence-corrected chi connectivity index (χ0v) is 18.1. The topological polar surface area (TPSA) is 142 Å². The van der Waals surface area contributed by atoms with Gasteiger partial charge in [-0.25, -0.2) is 4.79 Å². The largest absolute Gasteiger partial charge is 0.477 e. The van der Waals surface area contributed by atoms with Gasteiger partial charge in [-0.1, -0.05) is 30.3 Å². The van der Waals surface area contributed by atoms with Gasteiger partial charge in [-0.15, -0.1) is 0 Å². The molecule has 2 heterocycles. The molecule has 1 unspecified atom stereocenters. The number of piperazine rings is 1. The highest BCUT2D eigenvalue weighted by atomic mass is 16.6. The van der Waals surface area contributed by atoms with Gasteiger partial charge in [0.1, 0.15) is 22.9 Å². The molecule has 3 aromatic rings. The van der Waals surface area contributed by atoms with E-state index in [2.05, 4.69) is 11.4 Å². The first-order valence-electron chi connectivity index (χ1n) is 11.0. The lowest BCUT2D eigenvalue weighted by Crippen LogP contribution is -2.46. The average molecular weight is 459 g/mol. The van der Waals surface area contributed by atoms with Crippen LogP contribution in [0.4, 0.5) is 11.4 Å². The van der Waals surface area contributed by atoms with Gasteiger partial charge in [0.15, 0.2) is 0 Å². The van der Waals surface area contributed by atoms with Gasteiger partial charge in [-0.2, -0.15) is 5.26 Å². The number of nitriles is 1. The second-order valence-corrected chi connectivity index (χ2v) is 8.56. The highest BCUT2D eigenvalue weighted by Gasteiger charge is 2.34. The maximum Gasteiger partial charge on any atom is 0.341 e. The molecule has 2 aliphatic rings. The Morgan fingerprint density at radius 3 is 2.62 bits per heavy atom. The van der Waals surface area contributed by atoms with Crippen molar-refractivity contribution < 1.29 is 14.8 Å². The summed E-state index contributed by atoms with van der Waals surface area (Å²) in [6.07, 6.45) is 2.82. The first-order chi connectivity index (χ1) is 16.4. The molecule has 10 nitrogen and oxygen atoms in total. The van der Waals surface area contributed by atoms with Crippen LogP contribution in [0.3, 0.4) is 0 Å². The zero-order chi connectivity index (χ0) is 24.0. The Hall–Kier alpha value is -4.23. The number of hydrogen-bond donors (Lipinski definition) is 2. The first kappa shape index (κ1) is 21.6. The Labute approximate surface area is 193 Å². The van der Waals surface area contributed by atoms with Gasteiger partial charge in [-0.3, -0.25) is 14.9 Å². The predicted octanol–water partition coefficient (Wildman–Crippen LogP) is 2.97. The second-order valence-electron chi connectivity index (χ2n) is 8.56. The summed E-state index contributed by atoms with van der Waals surface area (Å²) in [7, 11) is 0.